The van der Waals surface area contributed by atoms with Crippen LogP contribution in [0.5, 0.6) is 5.75 Å². The largest absolute Gasteiger partial charge is 0.494 e. The van der Waals surface area contributed by atoms with Crippen LogP contribution in [0.2, 0.25) is 0 Å². The fourth-order valence-electron chi connectivity index (χ4n) is 5.35. The number of aromatic nitrogens is 4. The summed E-state index contributed by atoms with van der Waals surface area (Å²) in [6.07, 6.45) is 5.52. The number of piperidine rings is 1. The molecule has 2 atom stereocenters. The van der Waals surface area contributed by atoms with Gasteiger partial charge in [0.05, 0.1) is 36.8 Å². The van der Waals surface area contributed by atoms with Gasteiger partial charge in [-0.1, -0.05) is 6.07 Å². The second-order valence-electron chi connectivity index (χ2n) is 9.94. The molecule has 2 aliphatic heterocycles. The third-order valence-electron chi connectivity index (χ3n) is 7.33. The van der Waals surface area contributed by atoms with Crippen molar-refractivity contribution < 1.29 is 19.4 Å². The molecule has 2 saturated heterocycles. The Morgan fingerprint density at radius 3 is 2.83 bits per heavy atom. The maximum absolute atomic E-state index is 13.2. The van der Waals surface area contributed by atoms with Gasteiger partial charge in [0.25, 0.3) is 5.91 Å². The average molecular weight is 496 g/mol. The van der Waals surface area contributed by atoms with E-state index in [1.807, 2.05) is 28.5 Å². The Bertz CT molecular complexity index is 1240. The van der Waals surface area contributed by atoms with E-state index in [0.29, 0.717) is 80.4 Å². The first-order valence-electron chi connectivity index (χ1n) is 12.3. The Labute approximate surface area is 209 Å². The van der Waals surface area contributed by atoms with Crippen molar-refractivity contribution in [2.75, 3.05) is 38.6 Å². The number of hydrogen-bond donors (Lipinski definition) is 3. The van der Waals surface area contributed by atoms with E-state index in [0.717, 1.165) is 6.42 Å². The van der Waals surface area contributed by atoms with E-state index in [2.05, 4.69) is 15.0 Å². The van der Waals surface area contributed by atoms with Gasteiger partial charge in [0.15, 0.2) is 11.5 Å². The lowest BCUT2D eigenvalue weighted by Crippen LogP contribution is -2.57. The monoisotopic (exact) mass is 495 g/mol. The number of amides is 1. The molecule has 0 saturated carbocycles. The second kappa shape index (κ2) is 9.64. The van der Waals surface area contributed by atoms with E-state index >= 15 is 0 Å². The van der Waals surface area contributed by atoms with Gasteiger partial charge >= 0.3 is 0 Å². The standard InChI is InChI=1S/C25H33N7O4/c1-24(34)14-25(36-13-19(24)32-16-30-20-21(27)28-15-29-22(20)32)6-9-31(10-7-25)23(33)17-4-2-5-18(12-17)35-11-3-8-26/h2,4-5,12,15-16,19,34H,3,6-11,13-14,26H2,1H3,(H2,27,28,29)/t19-,24-/m0/s1. The van der Waals surface area contributed by atoms with E-state index in [1.54, 1.807) is 18.5 Å². The molecule has 2 fully saturated rings. The zero-order valence-corrected chi connectivity index (χ0v) is 20.5. The van der Waals surface area contributed by atoms with Crippen molar-refractivity contribution in [3.05, 3.63) is 42.5 Å². The lowest BCUT2D eigenvalue weighted by atomic mass is 9.75. The fraction of sp³-hybridized carbons (Fsp3) is 0.520. The summed E-state index contributed by atoms with van der Waals surface area (Å²) < 4.78 is 13.9. The number of benzene rings is 1. The first kappa shape index (κ1) is 24.4. The van der Waals surface area contributed by atoms with Crippen molar-refractivity contribution in [2.45, 2.75) is 49.9 Å². The number of nitrogens with zero attached hydrogens (tertiary/aromatic N) is 5. The smallest absolute Gasteiger partial charge is 0.253 e. The van der Waals surface area contributed by atoms with E-state index in [1.165, 1.54) is 6.33 Å². The van der Waals surface area contributed by atoms with Crippen LogP contribution in [-0.4, -0.2) is 79.5 Å². The van der Waals surface area contributed by atoms with Crippen LogP contribution in [0.25, 0.3) is 11.2 Å². The lowest BCUT2D eigenvalue weighted by molar-refractivity contribution is -0.194. The highest BCUT2D eigenvalue weighted by Crippen LogP contribution is 2.44. The Balaban J connectivity index is 1.24. The van der Waals surface area contributed by atoms with Crippen molar-refractivity contribution in [2.24, 2.45) is 5.73 Å². The minimum absolute atomic E-state index is 0.0308. The van der Waals surface area contributed by atoms with Crippen LogP contribution in [0.4, 0.5) is 5.82 Å². The molecule has 5 N–H and O–H groups in total. The number of nitrogen functional groups attached to an aromatic ring is 1. The number of hydrogen-bond acceptors (Lipinski definition) is 9. The number of ether oxygens (including phenoxy) is 2. The zero-order chi connectivity index (χ0) is 25.3. The van der Waals surface area contributed by atoms with Crippen molar-refractivity contribution in [3.63, 3.8) is 0 Å². The van der Waals surface area contributed by atoms with E-state index in [-0.39, 0.29) is 11.9 Å². The highest BCUT2D eigenvalue weighted by atomic mass is 16.5. The number of carbonyl (C=O) groups excluding carboxylic acids is 1. The maximum Gasteiger partial charge on any atom is 0.253 e. The average Bonchev–Trinajstić information content (AvgIpc) is 3.29. The molecule has 2 aromatic heterocycles. The minimum atomic E-state index is -1.06. The summed E-state index contributed by atoms with van der Waals surface area (Å²) in [5.41, 5.74) is 11.6. The van der Waals surface area contributed by atoms with Crippen LogP contribution < -0.4 is 16.2 Å². The number of imidazole rings is 1. The van der Waals surface area contributed by atoms with E-state index in [9.17, 15) is 9.90 Å². The summed E-state index contributed by atoms with van der Waals surface area (Å²) in [5.74, 6) is 0.938. The topological polar surface area (TPSA) is 155 Å². The van der Waals surface area contributed by atoms with E-state index in [4.69, 9.17) is 20.9 Å². The van der Waals surface area contributed by atoms with Crippen molar-refractivity contribution >= 4 is 22.9 Å². The van der Waals surface area contributed by atoms with Gasteiger partial charge in [-0.2, -0.15) is 0 Å². The zero-order valence-electron chi connectivity index (χ0n) is 20.5. The predicted octanol–water partition coefficient (Wildman–Crippen LogP) is 1.52. The molecule has 0 bridgehead atoms. The molecular weight excluding hydrogens is 462 g/mol. The Morgan fingerprint density at radius 2 is 2.08 bits per heavy atom. The number of rotatable bonds is 6. The summed E-state index contributed by atoms with van der Waals surface area (Å²) >= 11 is 0. The maximum atomic E-state index is 13.2. The van der Waals surface area contributed by atoms with Gasteiger partial charge in [-0.3, -0.25) is 4.79 Å². The SMILES string of the molecule is C[C@]1(O)CC2(CCN(C(=O)c3cccc(OCCCN)c3)CC2)OC[C@@H]1n1cnc2c(N)ncnc21. The molecule has 11 heteroatoms. The third-order valence-corrected chi connectivity index (χ3v) is 7.33. The quantitative estimate of drug-likeness (QED) is 0.432. The third kappa shape index (κ3) is 4.61. The van der Waals surface area contributed by atoms with Gasteiger partial charge in [-0.25, -0.2) is 15.0 Å². The van der Waals surface area contributed by atoms with Crippen molar-refractivity contribution in [3.8, 4) is 5.75 Å². The Morgan fingerprint density at radius 1 is 1.28 bits per heavy atom. The first-order chi connectivity index (χ1) is 17.3. The van der Waals surface area contributed by atoms with Crippen LogP contribution in [-0.2, 0) is 4.74 Å². The molecule has 11 nitrogen and oxygen atoms in total. The minimum Gasteiger partial charge on any atom is -0.494 e. The van der Waals surface area contributed by atoms with Gasteiger partial charge in [0, 0.05) is 25.1 Å². The molecule has 0 radical (unpaired) electrons. The van der Waals surface area contributed by atoms with Gasteiger partial charge < -0.3 is 35.5 Å². The van der Waals surface area contributed by atoms with Crippen LogP contribution in [0.3, 0.4) is 0 Å². The van der Waals surface area contributed by atoms with E-state index < -0.39 is 11.2 Å². The molecule has 1 spiro atoms. The molecule has 36 heavy (non-hydrogen) atoms. The van der Waals surface area contributed by atoms with Gasteiger partial charge in [-0.15, -0.1) is 0 Å². The van der Waals surface area contributed by atoms with Gasteiger partial charge in [-0.05, 0) is 50.9 Å². The molecule has 0 unspecified atom stereocenters. The van der Waals surface area contributed by atoms with Crippen LogP contribution >= 0.6 is 0 Å². The number of nitrogens with two attached hydrogens (primary N) is 2. The number of anilines is 1. The number of carbonyl (C=O) groups is 1. The summed E-state index contributed by atoms with van der Waals surface area (Å²) in [7, 11) is 0. The summed E-state index contributed by atoms with van der Waals surface area (Å²) in [6, 6.07) is 6.89. The molecule has 1 aromatic carbocycles. The van der Waals surface area contributed by atoms with Crippen molar-refractivity contribution in [1.29, 1.82) is 0 Å². The molecular formula is C25H33N7O4. The normalized spacial score (nSPS) is 23.8. The molecule has 0 aliphatic carbocycles. The molecule has 1 amide bonds. The summed E-state index contributed by atoms with van der Waals surface area (Å²) in [6.45, 7) is 4.31. The number of fused-ring (bicyclic) bond motifs is 1. The Hall–Kier alpha value is -3.28. The van der Waals surface area contributed by atoms with Gasteiger partial charge in [0.1, 0.15) is 17.6 Å². The highest BCUT2D eigenvalue weighted by Gasteiger charge is 2.50. The molecule has 192 valence electrons. The molecule has 4 heterocycles. The fourth-order valence-corrected chi connectivity index (χ4v) is 5.35. The highest BCUT2D eigenvalue weighted by molar-refractivity contribution is 5.94. The van der Waals surface area contributed by atoms with Gasteiger partial charge in [0.2, 0.25) is 0 Å². The second-order valence-corrected chi connectivity index (χ2v) is 9.94. The first-order valence-corrected chi connectivity index (χ1v) is 12.3. The molecule has 3 aromatic rings. The summed E-state index contributed by atoms with van der Waals surface area (Å²) in [5, 5.41) is 11.5. The van der Waals surface area contributed by atoms with Crippen LogP contribution in [0.1, 0.15) is 49.0 Å². The molecule has 5 rings (SSSR count). The lowest BCUT2D eigenvalue weighted by Gasteiger charge is -2.51. The number of likely N-dealkylation sites (tertiary alicyclic amines) is 1. The molecule has 2 aliphatic rings. The predicted molar refractivity (Wildman–Crippen MR) is 133 cm³/mol. The summed E-state index contributed by atoms with van der Waals surface area (Å²) in [4.78, 5) is 27.7. The van der Waals surface area contributed by atoms with Crippen LogP contribution in [0.15, 0.2) is 36.9 Å². The van der Waals surface area contributed by atoms with Crippen LogP contribution in [0, 0.1) is 0 Å². The van der Waals surface area contributed by atoms with Crippen molar-refractivity contribution in [1.82, 2.24) is 24.4 Å². The number of aliphatic hydroxyl groups is 1. The Kier molecular flexibility index (Phi) is 6.54.